The van der Waals surface area contributed by atoms with E-state index in [0.717, 1.165) is 4.88 Å². The van der Waals surface area contributed by atoms with E-state index in [4.69, 9.17) is 4.74 Å². The first kappa shape index (κ1) is 14.0. The van der Waals surface area contributed by atoms with Crippen LogP contribution in [0.3, 0.4) is 0 Å². The van der Waals surface area contributed by atoms with Gasteiger partial charge in [-0.25, -0.2) is 0 Å². The molecule has 0 aromatic carbocycles. The molecule has 19 heavy (non-hydrogen) atoms. The SMILES string of the molecule is COCCNC(=O)[C@@H]1CC(=O)N(C)[C@H]1c1cccs1. The van der Waals surface area contributed by atoms with Crippen LogP contribution in [0.2, 0.25) is 0 Å². The lowest BCUT2D eigenvalue weighted by Gasteiger charge is -2.23. The maximum atomic E-state index is 12.2. The Balaban J connectivity index is 2.09. The number of carbonyl (C=O) groups excluding carboxylic acids is 2. The van der Waals surface area contributed by atoms with Crippen LogP contribution < -0.4 is 5.32 Å². The highest BCUT2D eigenvalue weighted by atomic mass is 32.1. The number of carbonyl (C=O) groups is 2. The third-order valence-corrected chi connectivity index (χ3v) is 4.31. The van der Waals surface area contributed by atoms with Crippen molar-refractivity contribution in [2.45, 2.75) is 12.5 Å². The maximum absolute atomic E-state index is 12.2. The molecule has 0 unspecified atom stereocenters. The number of amides is 2. The molecule has 2 atom stereocenters. The smallest absolute Gasteiger partial charge is 0.226 e. The predicted octanol–water partition coefficient (Wildman–Crippen LogP) is 1.03. The first-order valence-electron chi connectivity index (χ1n) is 6.21. The summed E-state index contributed by atoms with van der Waals surface area (Å²) in [5.74, 6) is -0.369. The Morgan fingerprint density at radius 2 is 2.42 bits per heavy atom. The maximum Gasteiger partial charge on any atom is 0.226 e. The third-order valence-electron chi connectivity index (χ3n) is 3.36. The molecule has 0 bridgehead atoms. The van der Waals surface area contributed by atoms with E-state index in [1.165, 1.54) is 0 Å². The lowest BCUT2D eigenvalue weighted by Crippen LogP contribution is -2.35. The van der Waals surface area contributed by atoms with Gasteiger partial charge in [-0.1, -0.05) is 6.07 Å². The van der Waals surface area contributed by atoms with Crippen molar-refractivity contribution in [1.29, 1.82) is 0 Å². The molecule has 2 rings (SSSR count). The largest absolute Gasteiger partial charge is 0.383 e. The normalized spacial score (nSPS) is 22.8. The monoisotopic (exact) mass is 282 g/mol. The molecule has 0 spiro atoms. The number of hydrogen-bond acceptors (Lipinski definition) is 4. The van der Waals surface area contributed by atoms with Gasteiger partial charge in [-0.3, -0.25) is 9.59 Å². The van der Waals surface area contributed by atoms with Gasteiger partial charge in [-0.05, 0) is 11.4 Å². The van der Waals surface area contributed by atoms with Gasteiger partial charge >= 0.3 is 0 Å². The summed E-state index contributed by atoms with van der Waals surface area (Å²) in [4.78, 5) is 26.8. The van der Waals surface area contributed by atoms with Gasteiger partial charge in [0.25, 0.3) is 0 Å². The van der Waals surface area contributed by atoms with E-state index >= 15 is 0 Å². The van der Waals surface area contributed by atoms with Crippen LogP contribution in [0.25, 0.3) is 0 Å². The van der Waals surface area contributed by atoms with E-state index < -0.39 is 0 Å². The molecule has 6 heteroatoms. The minimum atomic E-state index is -0.312. The van der Waals surface area contributed by atoms with E-state index in [1.54, 1.807) is 30.4 Å². The van der Waals surface area contributed by atoms with Crippen LogP contribution in [0.4, 0.5) is 0 Å². The fourth-order valence-electron chi connectivity index (χ4n) is 2.36. The number of thiophene rings is 1. The zero-order valence-electron chi connectivity index (χ0n) is 11.1. The van der Waals surface area contributed by atoms with Crippen molar-refractivity contribution in [3.05, 3.63) is 22.4 Å². The van der Waals surface area contributed by atoms with Gasteiger partial charge in [0.05, 0.1) is 18.6 Å². The molecule has 1 aromatic rings. The van der Waals surface area contributed by atoms with Gasteiger partial charge in [-0.15, -0.1) is 11.3 Å². The molecule has 1 N–H and O–H groups in total. The number of hydrogen-bond donors (Lipinski definition) is 1. The molecule has 2 heterocycles. The molecule has 0 radical (unpaired) electrons. The number of nitrogens with zero attached hydrogens (tertiary/aromatic N) is 1. The molecule has 0 saturated carbocycles. The Morgan fingerprint density at radius 3 is 3.05 bits per heavy atom. The van der Waals surface area contributed by atoms with Crippen molar-refractivity contribution in [3.8, 4) is 0 Å². The second-order valence-corrected chi connectivity index (χ2v) is 5.54. The van der Waals surface area contributed by atoms with Crippen molar-refractivity contribution in [1.82, 2.24) is 10.2 Å². The van der Waals surface area contributed by atoms with Crippen LogP contribution in [0.15, 0.2) is 17.5 Å². The van der Waals surface area contributed by atoms with Gasteiger partial charge < -0.3 is 15.0 Å². The Kier molecular flexibility index (Phi) is 4.55. The highest BCUT2D eigenvalue weighted by molar-refractivity contribution is 7.10. The second-order valence-electron chi connectivity index (χ2n) is 4.56. The summed E-state index contributed by atoms with van der Waals surface area (Å²) in [6, 6.07) is 3.77. The molecule has 0 aliphatic carbocycles. The van der Waals surface area contributed by atoms with Crippen molar-refractivity contribution < 1.29 is 14.3 Å². The number of likely N-dealkylation sites (tertiary alicyclic amines) is 1. The number of rotatable bonds is 5. The molecule has 5 nitrogen and oxygen atoms in total. The summed E-state index contributed by atoms with van der Waals surface area (Å²) in [7, 11) is 3.35. The molecular weight excluding hydrogens is 264 g/mol. The van der Waals surface area contributed by atoms with Gasteiger partial charge in [0.2, 0.25) is 11.8 Å². The Morgan fingerprint density at radius 1 is 1.63 bits per heavy atom. The molecule has 1 aromatic heterocycles. The van der Waals surface area contributed by atoms with Crippen LogP contribution in [0, 0.1) is 5.92 Å². The van der Waals surface area contributed by atoms with Crippen molar-refractivity contribution in [2.75, 3.05) is 27.3 Å². The molecular formula is C13H18N2O3S. The van der Waals surface area contributed by atoms with Crippen LogP contribution in [0.5, 0.6) is 0 Å². The van der Waals surface area contributed by atoms with Crippen molar-refractivity contribution in [3.63, 3.8) is 0 Å². The zero-order valence-corrected chi connectivity index (χ0v) is 11.9. The lowest BCUT2D eigenvalue weighted by molar-refractivity contribution is -0.128. The van der Waals surface area contributed by atoms with Gasteiger partial charge in [-0.2, -0.15) is 0 Å². The summed E-state index contributed by atoms with van der Waals surface area (Å²) in [6.45, 7) is 0.951. The van der Waals surface area contributed by atoms with Crippen LogP contribution >= 0.6 is 11.3 Å². The summed E-state index contributed by atoms with van der Waals surface area (Å²) in [5.41, 5.74) is 0. The average Bonchev–Trinajstić information content (AvgIpc) is 2.99. The summed E-state index contributed by atoms with van der Waals surface area (Å²) in [6.07, 6.45) is 0.276. The Bertz CT molecular complexity index is 447. The second kappa shape index (κ2) is 6.16. The van der Waals surface area contributed by atoms with E-state index in [9.17, 15) is 9.59 Å². The van der Waals surface area contributed by atoms with Crippen LogP contribution in [-0.4, -0.2) is 44.0 Å². The van der Waals surface area contributed by atoms with Crippen molar-refractivity contribution >= 4 is 23.2 Å². The number of ether oxygens (including phenoxy) is 1. The predicted molar refractivity (Wildman–Crippen MR) is 72.8 cm³/mol. The summed E-state index contributed by atoms with van der Waals surface area (Å²) < 4.78 is 4.91. The molecule has 104 valence electrons. The van der Waals surface area contributed by atoms with E-state index in [-0.39, 0.29) is 30.2 Å². The first-order valence-corrected chi connectivity index (χ1v) is 7.09. The first-order chi connectivity index (χ1) is 9.15. The van der Waals surface area contributed by atoms with Crippen molar-refractivity contribution in [2.24, 2.45) is 5.92 Å². The van der Waals surface area contributed by atoms with Gasteiger partial charge in [0.15, 0.2) is 0 Å². The van der Waals surface area contributed by atoms with Gasteiger partial charge in [0.1, 0.15) is 0 Å². The Hall–Kier alpha value is -1.40. The topological polar surface area (TPSA) is 58.6 Å². The van der Waals surface area contributed by atoms with E-state index in [0.29, 0.717) is 13.2 Å². The van der Waals surface area contributed by atoms with Crippen LogP contribution in [-0.2, 0) is 14.3 Å². The minimum absolute atomic E-state index is 0.0188. The third kappa shape index (κ3) is 2.96. The van der Waals surface area contributed by atoms with Crippen LogP contribution in [0.1, 0.15) is 17.3 Å². The quantitative estimate of drug-likeness (QED) is 0.821. The highest BCUT2D eigenvalue weighted by Crippen LogP contribution is 2.38. The number of nitrogens with one attached hydrogen (secondary N) is 1. The zero-order chi connectivity index (χ0) is 13.8. The average molecular weight is 282 g/mol. The molecule has 1 aliphatic rings. The fourth-order valence-corrected chi connectivity index (χ4v) is 3.29. The molecule has 1 aliphatic heterocycles. The molecule has 2 amide bonds. The highest BCUT2D eigenvalue weighted by Gasteiger charge is 2.42. The van der Waals surface area contributed by atoms with Gasteiger partial charge in [0, 0.05) is 32.0 Å². The molecule has 1 saturated heterocycles. The lowest BCUT2D eigenvalue weighted by atomic mass is 9.98. The summed E-state index contributed by atoms with van der Waals surface area (Å²) >= 11 is 1.58. The van der Waals surface area contributed by atoms with E-state index in [2.05, 4.69) is 5.32 Å². The standard InChI is InChI=1S/C13H18N2O3S/c1-15-11(16)8-9(13(17)14-5-6-18-2)12(15)10-4-3-7-19-10/h3-4,7,9,12H,5-6,8H2,1-2H3,(H,14,17)/t9-,12-/m1/s1. The summed E-state index contributed by atoms with van der Waals surface area (Å²) in [5, 5.41) is 4.78. The Labute approximate surface area is 116 Å². The van der Waals surface area contributed by atoms with E-state index in [1.807, 2.05) is 17.5 Å². The minimum Gasteiger partial charge on any atom is -0.383 e. The number of methoxy groups -OCH3 is 1. The fraction of sp³-hybridized carbons (Fsp3) is 0.538. The molecule has 1 fully saturated rings.